The molecule has 3 aliphatic rings. The summed E-state index contributed by atoms with van der Waals surface area (Å²) in [7, 11) is 0. The molecule has 2 aliphatic heterocycles. The molecule has 33 heavy (non-hydrogen) atoms. The number of benzene rings is 1. The van der Waals surface area contributed by atoms with Crippen LogP contribution in [0.4, 0.5) is 5.69 Å². The second-order valence-electron chi connectivity index (χ2n) is 8.78. The minimum Gasteiger partial charge on any atom is -0.454 e. The molecule has 1 aromatic carbocycles. The Hall–Kier alpha value is -2.69. The molecule has 10 heteroatoms. The zero-order valence-electron chi connectivity index (χ0n) is 18.1. The average Bonchev–Trinajstić information content (AvgIpc) is 3.21. The quantitative estimate of drug-likeness (QED) is 0.520. The van der Waals surface area contributed by atoms with Gasteiger partial charge in [-0.2, -0.15) is 0 Å². The van der Waals surface area contributed by atoms with Crippen molar-refractivity contribution in [3.05, 3.63) is 40.5 Å². The van der Waals surface area contributed by atoms with Gasteiger partial charge in [0.1, 0.15) is 0 Å². The number of fused-ring (bicyclic) bond motifs is 1. The van der Waals surface area contributed by atoms with Gasteiger partial charge in [-0.3, -0.25) is 14.3 Å². The van der Waals surface area contributed by atoms with Gasteiger partial charge in [0.05, 0.1) is 11.5 Å². The highest BCUT2D eigenvalue weighted by Gasteiger charge is 2.30. The minimum absolute atomic E-state index is 0.00894. The topological polar surface area (TPSA) is 73.6 Å². The largest absolute Gasteiger partial charge is 0.454 e. The smallest absolute Gasteiger partial charge is 0.231 e. The lowest BCUT2D eigenvalue weighted by molar-refractivity contribution is -0.121. The third kappa shape index (κ3) is 4.18. The fourth-order valence-corrected chi connectivity index (χ4v) is 5.53. The van der Waals surface area contributed by atoms with Crippen LogP contribution >= 0.6 is 23.6 Å². The molecule has 0 spiro atoms. The van der Waals surface area contributed by atoms with Gasteiger partial charge in [0.25, 0.3) is 0 Å². The Bertz CT molecular complexity index is 1220. The molecular weight excluding hydrogens is 458 g/mol. The Morgan fingerprint density at radius 2 is 1.97 bits per heavy atom. The first-order valence-corrected chi connectivity index (χ1v) is 12.6. The number of amides is 1. The van der Waals surface area contributed by atoms with Crippen molar-refractivity contribution in [2.75, 3.05) is 25.2 Å². The van der Waals surface area contributed by atoms with Crippen molar-refractivity contribution in [2.24, 2.45) is 5.92 Å². The first-order valence-electron chi connectivity index (χ1n) is 11.3. The third-order valence-electron chi connectivity index (χ3n) is 6.46. The second kappa shape index (κ2) is 8.58. The number of hydrogen-bond donors (Lipinski definition) is 1. The Morgan fingerprint density at radius 3 is 2.73 bits per heavy atom. The third-order valence-corrected chi connectivity index (χ3v) is 7.73. The molecular formula is C23H25N5O3S2. The van der Waals surface area contributed by atoms with Crippen molar-refractivity contribution in [2.45, 2.75) is 38.4 Å². The van der Waals surface area contributed by atoms with Gasteiger partial charge in [0.15, 0.2) is 22.1 Å². The number of aromatic nitrogens is 3. The number of hydrogen-bond acceptors (Lipinski definition) is 7. The summed E-state index contributed by atoms with van der Waals surface area (Å²) in [6, 6.07) is 10.1. The van der Waals surface area contributed by atoms with Crippen molar-refractivity contribution in [1.29, 1.82) is 0 Å². The highest BCUT2D eigenvalue weighted by Crippen LogP contribution is 2.39. The van der Waals surface area contributed by atoms with E-state index >= 15 is 0 Å². The van der Waals surface area contributed by atoms with Crippen LogP contribution in [-0.2, 0) is 11.5 Å². The molecule has 1 saturated carbocycles. The van der Waals surface area contributed by atoms with E-state index in [1.165, 1.54) is 12.8 Å². The molecule has 0 bridgehead atoms. The van der Waals surface area contributed by atoms with Gasteiger partial charge in [-0.25, -0.2) is 4.68 Å². The van der Waals surface area contributed by atoms with Crippen LogP contribution in [0.3, 0.4) is 0 Å². The molecule has 3 aromatic rings. The minimum atomic E-state index is -0.00894. The number of ether oxygens (including phenoxy) is 2. The van der Waals surface area contributed by atoms with Gasteiger partial charge in [-0.1, -0.05) is 6.07 Å². The van der Waals surface area contributed by atoms with Crippen LogP contribution in [0.1, 0.15) is 31.7 Å². The highest BCUT2D eigenvalue weighted by molar-refractivity contribution is 7.71. The van der Waals surface area contributed by atoms with Crippen LogP contribution in [0.5, 0.6) is 11.5 Å². The van der Waals surface area contributed by atoms with Crippen LogP contribution in [0.2, 0.25) is 0 Å². The molecule has 0 atom stereocenters. The van der Waals surface area contributed by atoms with Crippen molar-refractivity contribution < 1.29 is 14.3 Å². The molecule has 172 valence electrons. The molecule has 8 nitrogen and oxygen atoms in total. The molecule has 2 aromatic heterocycles. The van der Waals surface area contributed by atoms with Crippen LogP contribution < -0.4 is 14.8 Å². The van der Waals surface area contributed by atoms with Crippen molar-refractivity contribution in [1.82, 2.24) is 19.2 Å². The predicted octanol–water partition coefficient (Wildman–Crippen LogP) is 4.51. The standard InChI is InChI=1S/C23H25N5O3S2/c29-22(24-16-3-6-18-19(12-16)31-14-30-18)15-7-9-26(10-8-15)13-27-23(32)28(17-4-5-17)21(25-27)20-2-1-11-33-20/h1-3,6,11-12,15,17H,4-5,7-10,13-14H2,(H,24,29). The lowest BCUT2D eigenvalue weighted by atomic mass is 9.96. The molecule has 2 fully saturated rings. The summed E-state index contributed by atoms with van der Waals surface area (Å²) in [5, 5.41) is 10.00. The van der Waals surface area contributed by atoms with Gasteiger partial charge >= 0.3 is 0 Å². The van der Waals surface area contributed by atoms with E-state index in [0.717, 1.165) is 47.1 Å². The van der Waals surface area contributed by atoms with Crippen LogP contribution in [-0.4, -0.2) is 45.0 Å². The lowest BCUT2D eigenvalue weighted by Crippen LogP contribution is -2.39. The van der Waals surface area contributed by atoms with E-state index in [4.69, 9.17) is 26.8 Å². The van der Waals surface area contributed by atoms with E-state index in [2.05, 4.69) is 32.3 Å². The van der Waals surface area contributed by atoms with E-state index in [-0.39, 0.29) is 18.6 Å². The van der Waals surface area contributed by atoms with Crippen molar-refractivity contribution in [3.8, 4) is 22.2 Å². The first-order chi connectivity index (χ1) is 16.2. The van der Waals surface area contributed by atoms with Crippen LogP contribution in [0, 0.1) is 10.7 Å². The molecule has 6 rings (SSSR count). The number of rotatable bonds is 6. The SMILES string of the molecule is O=C(Nc1ccc2c(c1)OCO2)C1CCN(Cn2nc(-c3cccs3)n(C3CC3)c2=S)CC1. The summed E-state index contributed by atoms with van der Waals surface area (Å²) < 4.78 is 15.7. The molecule has 1 amide bonds. The normalized spacial score (nSPS) is 18.5. The summed E-state index contributed by atoms with van der Waals surface area (Å²) in [5.41, 5.74) is 0.740. The molecule has 0 unspecified atom stereocenters. The molecule has 1 aliphatic carbocycles. The number of likely N-dealkylation sites (tertiary alicyclic amines) is 1. The van der Waals surface area contributed by atoms with Gasteiger partial charge in [-0.05, 0) is 61.5 Å². The van der Waals surface area contributed by atoms with E-state index in [9.17, 15) is 4.79 Å². The maximum absolute atomic E-state index is 12.8. The molecule has 4 heterocycles. The number of nitrogens with one attached hydrogen (secondary N) is 1. The van der Waals surface area contributed by atoms with E-state index in [1.54, 1.807) is 11.3 Å². The van der Waals surface area contributed by atoms with Crippen LogP contribution in [0.15, 0.2) is 35.7 Å². The second-order valence-corrected chi connectivity index (χ2v) is 10.1. The zero-order valence-corrected chi connectivity index (χ0v) is 19.7. The molecule has 1 N–H and O–H groups in total. The maximum atomic E-state index is 12.8. The van der Waals surface area contributed by atoms with Crippen LogP contribution in [0.25, 0.3) is 10.7 Å². The summed E-state index contributed by atoms with van der Waals surface area (Å²) in [4.78, 5) is 16.3. The number of carbonyl (C=O) groups is 1. The van der Waals surface area contributed by atoms with E-state index in [1.807, 2.05) is 22.9 Å². The zero-order chi connectivity index (χ0) is 22.4. The van der Waals surface area contributed by atoms with Gasteiger partial charge in [0, 0.05) is 36.8 Å². The fraction of sp³-hybridized carbons (Fsp3) is 0.435. The molecule has 1 saturated heterocycles. The Kier molecular flexibility index (Phi) is 5.43. The number of anilines is 1. The number of piperidine rings is 1. The Labute approximate surface area is 200 Å². The summed E-state index contributed by atoms with van der Waals surface area (Å²) in [6.45, 7) is 2.56. The van der Waals surface area contributed by atoms with E-state index < -0.39 is 0 Å². The maximum Gasteiger partial charge on any atom is 0.231 e. The van der Waals surface area contributed by atoms with Gasteiger partial charge in [-0.15, -0.1) is 16.4 Å². The highest BCUT2D eigenvalue weighted by atomic mass is 32.1. The van der Waals surface area contributed by atoms with Crippen molar-refractivity contribution in [3.63, 3.8) is 0 Å². The lowest BCUT2D eigenvalue weighted by Gasteiger charge is -2.30. The monoisotopic (exact) mass is 483 g/mol. The number of carbonyl (C=O) groups excluding carboxylic acids is 1. The van der Waals surface area contributed by atoms with Crippen molar-refractivity contribution >= 4 is 35.1 Å². The summed E-state index contributed by atoms with van der Waals surface area (Å²) in [5.74, 6) is 2.42. The number of thiophene rings is 1. The van der Waals surface area contributed by atoms with Gasteiger partial charge in [0.2, 0.25) is 12.7 Å². The molecule has 0 radical (unpaired) electrons. The fourth-order valence-electron chi connectivity index (χ4n) is 4.49. The Morgan fingerprint density at radius 1 is 1.15 bits per heavy atom. The first kappa shape index (κ1) is 20.9. The summed E-state index contributed by atoms with van der Waals surface area (Å²) >= 11 is 7.50. The van der Waals surface area contributed by atoms with E-state index in [0.29, 0.717) is 24.2 Å². The number of nitrogens with zero attached hydrogens (tertiary/aromatic N) is 4. The average molecular weight is 484 g/mol. The Balaban J connectivity index is 1.09. The predicted molar refractivity (Wildman–Crippen MR) is 128 cm³/mol. The summed E-state index contributed by atoms with van der Waals surface area (Å²) in [6.07, 6.45) is 3.96. The van der Waals surface area contributed by atoms with Gasteiger partial charge < -0.3 is 14.8 Å².